The zero-order valence-corrected chi connectivity index (χ0v) is 8.10. The molecule has 0 saturated heterocycles. The Morgan fingerprint density at radius 1 is 1.43 bits per heavy atom. The first-order valence-electron chi connectivity index (χ1n) is 4.84. The Labute approximate surface area is 82.9 Å². The molecule has 3 heteroatoms. The van der Waals surface area contributed by atoms with Crippen molar-refractivity contribution in [1.29, 1.82) is 0 Å². The van der Waals surface area contributed by atoms with Crippen molar-refractivity contribution in [2.24, 2.45) is 10.2 Å². The molecule has 0 aliphatic carbocycles. The van der Waals surface area contributed by atoms with Crippen LogP contribution >= 0.6 is 0 Å². The molecule has 1 aliphatic heterocycles. The van der Waals surface area contributed by atoms with Crippen LogP contribution in [0.2, 0.25) is 0 Å². The molecule has 0 aromatic heterocycles. The minimum atomic E-state index is 0.0508. The molecule has 3 nitrogen and oxygen atoms in total. The average molecular weight is 188 g/mol. The van der Waals surface area contributed by atoms with Gasteiger partial charge in [0.15, 0.2) is 5.78 Å². The molecule has 1 heterocycles. The van der Waals surface area contributed by atoms with Crippen molar-refractivity contribution in [2.45, 2.75) is 25.8 Å². The van der Waals surface area contributed by atoms with Gasteiger partial charge in [-0.25, -0.2) is 0 Å². The molecule has 0 fully saturated rings. The molecule has 14 heavy (non-hydrogen) atoms. The van der Waals surface area contributed by atoms with Crippen LogP contribution in [0.3, 0.4) is 0 Å². The van der Waals surface area contributed by atoms with Gasteiger partial charge in [-0.15, -0.1) is 0 Å². The van der Waals surface area contributed by atoms with E-state index in [0.717, 1.165) is 6.42 Å². The number of Topliss-reactive ketones (excluding diaryl/α,β-unsaturated/α-hetero) is 1. The Morgan fingerprint density at radius 2 is 2.21 bits per heavy atom. The van der Waals surface area contributed by atoms with Crippen LogP contribution in [0.4, 0.5) is 5.69 Å². The first-order valence-corrected chi connectivity index (χ1v) is 4.84. The second-order valence-electron chi connectivity index (χ2n) is 3.42. The zero-order valence-electron chi connectivity index (χ0n) is 8.10. The molecule has 0 amide bonds. The number of fused-ring (bicyclic) bond motifs is 1. The molecule has 0 N–H and O–H groups in total. The monoisotopic (exact) mass is 188 g/mol. The third-order valence-corrected chi connectivity index (χ3v) is 2.43. The quantitative estimate of drug-likeness (QED) is 0.667. The molecule has 1 aromatic rings. The fourth-order valence-corrected chi connectivity index (χ4v) is 1.53. The molecule has 0 saturated carbocycles. The van der Waals surface area contributed by atoms with E-state index < -0.39 is 0 Å². The standard InChI is InChI=1S/C11H12N2O/c1-2-8-7-11(14)9-5-3-4-6-10(9)13-12-8/h3-6,8H,2,7H2,1H3. The van der Waals surface area contributed by atoms with Crippen LogP contribution in [0.1, 0.15) is 30.1 Å². The van der Waals surface area contributed by atoms with Crippen molar-refractivity contribution in [1.82, 2.24) is 0 Å². The highest BCUT2D eigenvalue weighted by molar-refractivity contribution is 6.01. The van der Waals surface area contributed by atoms with Gasteiger partial charge in [0.1, 0.15) is 0 Å². The van der Waals surface area contributed by atoms with Crippen LogP contribution < -0.4 is 0 Å². The second-order valence-corrected chi connectivity index (χ2v) is 3.42. The number of ketones is 1. The SMILES string of the molecule is CCC1CC(=O)c2ccccc2N=N1. The topological polar surface area (TPSA) is 41.8 Å². The third kappa shape index (κ3) is 1.58. The van der Waals surface area contributed by atoms with E-state index in [2.05, 4.69) is 10.2 Å². The van der Waals surface area contributed by atoms with E-state index in [-0.39, 0.29) is 11.8 Å². The lowest BCUT2D eigenvalue weighted by Crippen LogP contribution is -2.08. The van der Waals surface area contributed by atoms with Crippen LogP contribution in [0, 0.1) is 0 Å². The summed E-state index contributed by atoms with van der Waals surface area (Å²) in [6, 6.07) is 7.43. The first kappa shape index (κ1) is 9.06. The van der Waals surface area contributed by atoms with Gasteiger partial charge in [0.25, 0.3) is 0 Å². The molecule has 1 atom stereocenters. The lowest BCUT2D eigenvalue weighted by Gasteiger charge is -2.03. The van der Waals surface area contributed by atoms with E-state index in [4.69, 9.17) is 0 Å². The van der Waals surface area contributed by atoms with Gasteiger partial charge >= 0.3 is 0 Å². The highest BCUT2D eigenvalue weighted by atomic mass is 16.1. The van der Waals surface area contributed by atoms with Crippen molar-refractivity contribution in [3.63, 3.8) is 0 Å². The second kappa shape index (κ2) is 3.70. The molecular weight excluding hydrogens is 176 g/mol. The summed E-state index contributed by atoms with van der Waals surface area (Å²) in [7, 11) is 0. The molecule has 72 valence electrons. The largest absolute Gasteiger partial charge is 0.294 e. The van der Waals surface area contributed by atoms with Crippen LogP contribution in [-0.2, 0) is 0 Å². The van der Waals surface area contributed by atoms with E-state index in [1.807, 2.05) is 31.2 Å². The van der Waals surface area contributed by atoms with Gasteiger partial charge in [-0.1, -0.05) is 19.1 Å². The van der Waals surface area contributed by atoms with Crippen molar-refractivity contribution in [2.75, 3.05) is 0 Å². The average Bonchev–Trinajstić information content (AvgIpc) is 2.39. The van der Waals surface area contributed by atoms with Gasteiger partial charge in [-0.2, -0.15) is 10.2 Å². The van der Waals surface area contributed by atoms with Gasteiger partial charge in [-0.3, -0.25) is 4.79 Å². The van der Waals surface area contributed by atoms with Gasteiger partial charge in [0.2, 0.25) is 0 Å². The molecule has 2 rings (SSSR count). The van der Waals surface area contributed by atoms with Crippen LogP contribution in [0.5, 0.6) is 0 Å². The van der Waals surface area contributed by atoms with E-state index in [0.29, 0.717) is 17.7 Å². The van der Waals surface area contributed by atoms with E-state index >= 15 is 0 Å². The summed E-state index contributed by atoms with van der Waals surface area (Å²) < 4.78 is 0. The molecular formula is C11H12N2O. The van der Waals surface area contributed by atoms with Crippen molar-refractivity contribution in [3.8, 4) is 0 Å². The predicted octanol–water partition coefficient (Wildman–Crippen LogP) is 3.14. The third-order valence-electron chi connectivity index (χ3n) is 2.43. The number of hydrogen-bond donors (Lipinski definition) is 0. The van der Waals surface area contributed by atoms with Crippen LogP contribution in [0.25, 0.3) is 0 Å². The molecule has 0 spiro atoms. The van der Waals surface area contributed by atoms with Gasteiger partial charge in [0.05, 0.1) is 11.7 Å². The smallest absolute Gasteiger partial charge is 0.167 e. The number of carbonyl (C=O) groups excluding carboxylic acids is 1. The summed E-state index contributed by atoms with van der Waals surface area (Å²) in [5.41, 5.74) is 1.40. The zero-order chi connectivity index (χ0) is 9.97. The molecule has 1 aliphatic rings. The lowest BCUT2D eigenvalue weighted by molar-refractivity contribution is 0.0976. The summed E-state index contributed by atoms with van der Waals surface area (Å²) in [6.45, 7) is 2.02. The number of rotatable bonds is 1. The van der Waals surface area contributed by atoms with Gasteiger partial charge in [0, 0.05) is 12.0 Å². The molecule has 1 unspecified atom stereocenters. The normalized spacial score (nSPS) is 20.4. The number of benzene rings is 1. The summed E-state index contributed by atoms with van der Waals surface area (Å²) in [5.74, 6) is 0.150. The Bertz CT molecular complexity index is 385. The predicted molar refractivity (Wildman–Crippen MR) is 54.0 cm³/mol. The Balaban J connectivity index is 2.42. The highest BCUT2D eigenvalue weighted by Gasteiger charge is 2.19. The fraction of sp³-hybridized carbons (Fsp3) is 0.364. The Kier molecular flexibility index (Phi) is 2.39. The highest BCUT2D eigenvalue weighted by Crippen LogP contribution is 2.26. The van der Waals surface area contributed by atoms with E-state index in [1.54, 1.807) is 0 Å². The number of azo groups is 1. The molecule has 1 aromatic carbocycles. The van der Waals surface area contributed by atoms with Crippen molar-refractivity contribution >= 4 is 11.5 Å². The summed E-state index contributed by atoms with van der Waals surface area (Å²) in [5, 5.41) is 8.23. The number of hydrogen-bond acceptors (Lipinski definition) is 3. The summed E-state index contributed by atoms with van der Waals surface area (Å²) in [4.78, 5) is 11.8. The van der Waals surface area contributed by atoms with Gasteiger partial charge < -0.3 is 0 Å². The maximum Gasteiger partial charge on any atom is 0.167 e. The number of nitrogens with zero attached hydrogens (tertiary/aromatic N) is 2. The van der Waals surface area contributed by atoms with E-state index in [1.165, 1.54) is 0 Å². The molecule has 0 bridgehead atoms. The Hall–Kier alpha value is -1.51. The number of carbonyl (C=O) groups is 1. The Morgan fingerprint density at radius 3 is 3.00 bits per heavy atom. The molecule has 0 radical (unpaired) electrons. The maximum absolute atomic E-state index is 11.8. The minimum Gasteiger partial charge on any atom is -0.294 e. The van der Waals surface area contributed by atoms with E-state index in [9.17, 15) is 4.79 Å². The lowest BCUT2D eigenvalue weighted by atomic mass is 10.0. The fourth-order valence-electron chi connectivity index (χ4n) is 1.53. The minimum absolute atomic E-state index is 0.0508. The maximum atomic E-state index is 11.8. The van der Waals surface area contributed by atoms with Gasteiger partial charge in [-0.05, 0) is 18.6 Å². The van der Waals surface area contributed by atoms with Crippen LogP contribution in [0.15, 0.2) is 34.5 Å². The van der Waals surface area contributed by atoms with Crippen molar-refractivity contribution in [3.05, 3.63) is 29.8 Å². The van der Waals surface area contributed by atoms with Crippen LogP contribution in [-0.4, -0.2) is 11.8 Å². The van der Waals surface area contributed by atoms with Crippen molar-refractivity contribution < 1.29 is 4.79 Å². The first-order chi connectivity index (χ1) is 6.81. The summed E-state index contributed by atoms with van der Waals surface area (Å²) >= 11 is 0. The summed E-state index contributed by atoms with van der Waals surface area (Å²) in [6.07, 6.45) is 1.35.